The zero-order valence-corrected chi connectivity index (χ0v) is 13.6. The third-order valence-electron chi connectivity index (χ3n) is 2.75. The van der Waals surface area contributed by atoms with E-state index in [0.717, 1.165) is 28.2 Å². The standard InChI is InChI=1S/C13H17BrN4S/c1-8(2)11-12(15-3)17-7-18-13(11)16-5-10-4-9(14)6-19-10/h4,6-8H,5H2,1-3H3,(H2,15,16,17,18). The summed E-state index contributed by atoms with van der Waals surface area (Å²) in [6.45, 7) is 5.06. The molecule has 19 heavy (non-hydrogen) atoms. The Morgan fingerprint density at radius 1 is 1.32 bits per heavy atom. The van der Waals surface area contributed by atoms with Gasteiger partial charge in [-0.3, -0.25) is 0 Å². The van der Waals surface area contributed by atoms with Gasteiger partial charge in [-0.1, -0.05) is 13.8 Å². The van der Waals surface area contributed by atoms with Crippen LogP contribution in [0.15, 0.2) is 22.2 Å². The Morgan fingerprint density at radius 3 is 2.63 bits per heavy atom. The number of hydrogen-bond donors (Lipinski definition) is 2. The van der Waals surface area contributed by atoms with Crippen molar-refractivity contribution >= 4 is 38.9 Å². The second kappa shape index (κ2) is 6.34. The highest BCUT2D eigenvalue weighted by molar-refractivity contribution is 9.10. The van der Waals surface area contributed by atoms with Crippen LogP contribution in [0.2, 0.25) is 0 Å². The van der Waals surface area contributed by atoms with Crippen LogP contribution in [-0.2, 0) is 6.54 Å². The summed E-state index contributed by atoms with van der Waals surface area (Å²) in [6.07, 6.45) is 1.59. The maximum Gasteiger partial charge on any atom is 0.135 e. The van der Waals surface area contributed by atoms with Gasteiger partial charge in [0.1, 0.15) is 18.0 Å². The Hall–Kier alpha value is -1.14. The fraction of sp³-hybridized carbons (Fsp3) is 0.385. The van der Waals surface area contributed by atoms with Crippen LogP contribution in [-0.4, -0.2) is 17.0 Å². The average Bonchev–Trinajstić information content (AvgIpc) is 2.81. The minimum atomic E-state index is 0.362. The highest BCUT2D eigenvalue weighted by Gasteiger charge is 2.14. The third-order valence-corrected chi connectivity index (χ3v) is 4.45. The van der Waals surface area contributed by atoms with Gasteiger partial charge in [-0.2, -0.15) is 0 Å². The molecule has 0 fully saturated rings. The summed E-state index contributed by atoms with van der Waals surface area (Å²) in [5, 5.41) is 8.60. The van der Waals surface area contributed by atoms with Gasteiger partial charge >= 0.3 is 0 Å². The normalized spacial score (nSPS) is 10.8. The number of halogens is 1. The highest BCUT2D eigenvalue weighted by Crippen LogP contribution is 2.29. The van der Waals surface area contributed by atoms with E-state index in [1.165, 1.54) is 4.88 Å². The van der Waals surface area contributed by atoms with Crippen LogP contribution in [0.4, 0.5) is 11.6 Å². The van der Waals surface area contributed by atoms with Crippen LogP contribution < -0.4 is 10.6 Å². The molecule has 2 aromatic heterocycles. The second-order valence-corrected chi connectivity index (χ2v) is 6.39. The number of rotatable bonds is 5. The van der Waals surface area contributed by atoms with Gasteiger partial charge in [-0.05, 0) is 27.9 Å². The number of anilines is 2. The molecule has 2 aromatic rings. The van der Waals surface area contributed by atoms with E-state index in [9.17, 15) is 0 Å². The highest BCUT2D eigenvalue weighted by atomic mass is 79.9. The summed E-state index contributed by atoms with van der Waals surface area (Å²) in [5.74, 6) is 2.15. The molecule has 0 radical (unpaired) electrons. The van der Waals surface area contributed by atoms with Gasteiger partial charge in [0.2, 0.25) is 0 Å². The Morgan fingerprint density at radius 2 is 2.05 bits per heavy atom. The molecule has 0 unspecified atom stereocenters. The fourth-order valence-electron chi connectivity index (χ4n) is 1.90. The second-order valence-electron chi connectivity index (χ2n) is 4.47. The maximum atomic E-state index is 4.36. The molecular formula is C13H17BrN4S. The maximum absolute atomic E-state index is 4.36. The van der Waals surface area contributed by atoms with Gasteiger partial charge in [0, 0.05) is 27.3 Å². The van der Waals surface area contributed by atoms with Crippen molar-refractivity contribution in [1.29, 1.82) is 0 Å². The number of nitrogens with zero attached hydrogens (tertiary/aromatic N) is 2. The Kier molecular flexibility index (Phi) is 4.76. The van der Waals surface area contributed by atoms with Crippen LogP contribution in [0.1, 0.15) is 30.2 Å². The van der Waals surface area contributed by atoms with Crippen molar-refractivity contribution in [2.75, 3.05) is 17.7 Å². The lowest BCUT2D eigenvalue weighted by Gasteiger charge is -2.16. The molecule has 102 valence electrons. The molecule has 4 nitrogen and oxygen atoms in total. The van der Waals surface area contributed by atoms with E-state index in [0.29, 0.717) is 5.92 Å². The van der Waals surface area contributed by atoms with Crippen LogP contribution in [0.25, 0.3) is 0 Å². The zero-order chi connectivity index (χ0) is 13.8. The van der Waals surface area contributed by atoms with Gasteiger partial charge in [-0.15, -0.1) is 11.3 Å². The van der Waals surface area contributed by atoms with E-state index in [2.05, 4.69) is 61.8 Å². The molecule has 0 atom stereocenters. The fourth-order valence-corrected chi connectivity index (χ4v) is 3.29. The SMILES string of the molecule is CNc1ncnc(NCc2cc(Br)cs2)c1C(C)C. The van der Waals surface area contributed by atoms with Gasteiger partial charge in [0.25, 0.3) is 0 Å². The largest absolute Gasteiger partial charge is 0.373 e. The van der Waals surface area contributed by atoms with Gasteiger partial charge < -0.3 is 10.6 Å². The smallest absolute Gasteiger partial charge is 0.135 e. The first-order chi connectivity index (χ1) is 9.11. The summed E-state index contributed by atoms with van der Waals surface area (Å²) in [6, 6.07) is 2.12. The summed E-state index contributed by atoms with van der Waals surface area (Å²) in [4.78, 5) is 9.90. The molecule has 0 aliphatic carbocycles. The van der Waals surface area contributed by atoms with E-state index in [1.54, 1.807) is 17.7 Å². The number of hydrogen-bond acceptors (Lipinski definition) is 5. The molecular weight excluding hydrogens is 324 g/mol. The van der Waals surface area contributed by atoms with E-state index < -0.39 is 0 Å². The van der Waals surface area contributed by atoms with Crippen molar-refractivity contribution in [2.24, 2.45) is 0 Å². The van der Waals surface area contributed by atoms with Crippen LogP contribution in [0.5, 0.6) is 0 Å². The predicted octanol–water partition coefficient (Wildman–Crippen LogP) is 4.08. The lowest BCUT2D eigenvalue weighted by Crippen LogP contribution is -2.09. The average molecular weight is 341 g/mol. The topological polar surface area (TPSA) is 49.8 Å². The van der Waals surface area contributed by atoms with Crippen molar-refractivity contribution in [3.63, 3.8) is 0 Å². The zero-order valence-electron chi connectivity index (χ0n) is 11.2. The minimum absolute atomic E-state index is 0.362. The predicted molar refractivity (Wildman–Crippen MR) is 85.0 cm³/mol. The Balaban J connectivity index is 2.19. The van der Waals surface area contributed by atoms with Gasteiger partial charge in [-0.25, -0.2) is 9.97 Å². The lowest BCUT2D eigenvalue weighted by molar-refractivity contribution is 0.847. The number of thiophene rings is 1. The van der Waals surface area contributed by atoms with Gasteiger partial charge in [0.15, 0.2) is 0 Å². The first-order valence-corrected chi connectivity index (χ1v) is 7.78. The van der Waals surface area contributed by atoms with Crippen LogP contribution in [0, 0.1) is 0 Å². The number of aromatic nitrogens is 2. The molecule has 0 aromatic carbocycles. The molecule has 0 saturated heterocycles. The van der Waals surface area contributed by atoms with Gasteiger partial charge in [0.05, 0.1) is 6.54 Å². The third kappa shape index (κ3) is 3.45. The van der Waals surface area contributed by atoms with E-state index in [4.69, 9.17) is 0 Å². The van der Waals surface area contributed by atoms with E-state index >= 15 is 0 Å². The molecule has 2 rings (SSSR count). The lowest BCUT2D eigenvalue weighted by atomic mass is 10.0. The molecule has 0 saturated carbocycles. The molecule has 0 aliphatic rings. The Labute approximate surface area is 125 Å². The first kappa shape index (κ1) is 14.3. The van der Waals surface area contributed by atoms with Crippen molar-refractivity contribution < 1.29 is 0 Å². The van der Waals surface area contributed by atoms with Crippen LogP contribution in [0.3, 0.4) is 0 Å². The molecule has 0 bridgehead atoms. The minimum Gasteiger partial charge on any atom is -0.373 e. The van der Waals surface area contributed by atoms with Crippen molar-refractivity contribution in [3.8, 4) is 0 Å². The quantitative estimate of drug-likeness (QED) is 0.860. The summed E-state index contributed by atoms with van der Waals surface area (Å²) < 4.78 is 1.12. The van der Waals surface area contributed by atoms with E-state index in [-0.39, 0.29) is 0 Å². The molecule has 0 spiro atoms. The molecule has 2 N–H and O–H groups in total. The molecule has 6 heteroatoms. The molecule has 0 aliphatic heterocycles. The van der Waals surface area contributed by atoms with E-state index in [1.807, 2.05) is 7.05 Å². The number of nitrogens with one attached hydrogen (secondary N) is 2. The molecule has 0 amide bonds. The summed E-state index contributed by atoms with van der Waals surface area (Å²) >= 11 is 5.19. The Bertz CT molecular complexity index is 553. The van der Waals surface area contributed by atoms with Crippen LogP contribution >= 0.6 is 27.3 Å². The van der Waals surface area contributed by atoms with Crippen molar-refractivity contribution in [2.45, 2.75) is 26.3 Å². The summed E-state index contributed by atoms with van der Waals surface area (Å²) in [7, 11) is 1.88. The first-order valence-electron chi connectivity index (χ1n) is 6.11. The monoisotopic (exact) mass is 340 g/mol. The van der Waals surface area contributed by atoms with Crippen molar-refractivity contribution in [3.05, 3.63) is 32.7 Å². The molecule has 2 heterocycles. The van der Waals surface area contributed by atoms with Crippen molar-refractivity contribution in [1.82, 2.24) is 9.97 Å². The summed E-state index contributed by atoms with van der Waals surface area (Å²) in [5.41, 5.74) is 1.13.